The highest BCUT2D eigenvalue weighted by atomic mass is 16.5. The Kier molecular flexibility index (Phi) is 3.91. The Morgan fingerprint density at radius 1 is 0.759 bits per heavy atom. The van der Waals surface area contributed by atoms with Crippen molar-refractivity contribution in [3.05, 3.63) is 83.4 Å². The van der Waals surface area contributed by atoms with Gasteiger partial charge in [-0.25, -0.2) is 4.90 Å². The summed E-state index contributed by atoms with van der Waals surface area (Å²) in [6, 6.07) is 19.2. The predicted octanol–water partition coefficient (Wildman–Crippen LogP) is 4.16. The molecule has 29 heavy (non-hydrogen) atoms. The van der Waals surface area contributed by atoms with E-state index in [-0.39, 0.29) is 17.7 Å². The molecule has 0 saturated heterocycles. The van der Waals surface area contributed by atoms with E-state index < -0.39 is 0 Å². The van der Waals surface area contributed by atoms with Crippen molar-refractivity contribution < 1.29 is 19.1 Å². The number of fused-ring (bicyclic) bond motifs is 2. The number of anilines is 2. The summed E-state index contributed by atoms with van der Waals surface area (Å²) in [6.45, 7) is 0. The standard InChI is InChI=1S/C23H16N2O4/c26-21-11-7-14-6-8-17(13-20(14)24-21)29-16-9-10-18-19(12-16)23(28)25(22(18)27)15-4-2-1-3-5-15/h1-6,8-10,12-13H,7,11H2,(H,24,26). The fourth-order valence-corrected chi connectivity index (χ4v) is 3.65. The van der Waals surface area contributed by atoms with Gasteiger partial charge in [0.15, 0.2) is 0 Å². The predicted molar refractivity (Wildman–Crippen MR) is 107 cm³/mol. The second kappa shape index (κ2) is 6.60. The van der Waals surface area contributed by atoms with Crippen molar-refractivity contribution in [3.8, 4) is 11.5 Å². The fourth-order valence-electron chi connectivity index (χ4n) is 3.65. The number of rotatable bonds is 3. The summed E-state index contributed by atoms with van der Waals surface area (Å²) < 4.78 is 5.90. The Hall–Kier alpha value is -3.93. The second-order valence-electron chi connectivity index (χ2n) is 6.96. The molecular formula is C23H16N2O4. The fraction of sp³-hybridized carbons (Fsp3) is 0.0870. The van der Waals surface area contributed by atoms with Crippen LogP contribution in [0, 0.1) is 0 Å². The third-order valence-electron chi connectivity index (χ3n) is 5.08. The molecule has 0 bridgehead atoms. The lowest BCUT2D eigenvalue weighted by Gasteiger charge is -2.17. The first-order valence-electron chi connectivity index (χ1n) is 9.29. The third kappa shape index (κ3) is 2.95. The van der Waals surface area contributed by atoms with Crippen molar-refractivity contribution in [3.63, 3.8) is 0 Å². The highest BCUT2D eigenvalue weighted by molar-refractivity contribution is 6.34. The van der Waals surface area contributed by atoms with Crippen LogP contribution in [0.4, 0.5) is 11.4 Å². The lowest BCUT2D eigenvalue weighted by Crippen LogP contribution is -2.29. The summed E-state index contributed by atoms with van der Waals surface area (Å²) in [7, 11) is 0. The van der Waals surface area contributed by atoms with Gasteiger partial charge in [0.25, 0.3) is 11.8 Å². The van der Waals surface area contributed by atoms with E-state index in [0.29, 0.717) is 41.2 Å². The minimum absolute atomic E-state index is 0.0164. The van der Waals surface area contributed by atoms with Gasteiger partial charge in [-0.15, -0.1) is 0 Å². The van der Waals surface area contributed by atoms with Gasteiger partial charge in [-0.05, 0) is 48.4 Å². The maximum Gasteiger partial charge on any atom is 0.266 e. The Labute approximate surface area is 166 Å². The lowest BCUT2D eigenvalue weighted by molar-refractivity contribution is -0.116. The Morgan fingerprint density at radius 2 is 1.48 bits per heavy atom. The number of hydrogen-bond donors (Lipinski definition) is 1. The molecule has 2 aliphatic rings. The number of carbonyl (C=O) groups excluding carboxylic acids is 3. The van der Waals surface area contributed by atoms with Gasteiger partial charge in [0, 0.05) is 18.2 Å². The van der Waals surface area contributed by atoms with E-state index in [9.17, 15) is 14.4 Å². The van der Waals surface area contributed by atoms with E-state index in [1.165, 1.54) is 4.90 Å². The number of nitrogens with zero attached hydrogens (tertiary/aromatic N) is 1. The Bertz CT molecular complexity index is 1170. The van der Waals surface area contributed by atoms with Crippen LogP contribution < -0.4 is 15.0 Å². The van der Waals surface area contributed by atoms with Gasteiger partial charge < -0.3 is 10.1 Å². The molecule has 1 N–H and O–H groups in total. The van der Waals surface area contributed by atoms with Crippen LogP contribution >= 0.6 is 0 Å². The highest BCUT2D eigenvalue weighted by Crippen LogP contribution is 2.34. The maximum atomic E-state index is 12.8. The first-order valence-corrected chi connectivity index (χ1v) is 9.29. The number of amides is 3. The number of para-hydroxylation sites is 1. The smallest absolute Gasteiger partial charge is 0.266 e. The van der Waals surface area contributed by atoms with Crippen LogP contribution in [0.5, 0.6) is 11.5 Å². The van der Waals surface area contributed by atoms with Crippen LogP contribution in [0.1, 0.15) is 32.7 Å². The van der Waals surface area contributed by atoms with Gasteiger partial charge in [-0.1, -0.05) is 24.3 Å². The molecule has 6 heteroatoms. The molecule has 3 aromatic carbocycles. The molecule has 2 heterocycles. The van der Waals surface area contributed by atoms with Crippen LogP contribution in [0.2, 0.25) is 0 Å². The van der Waals surface area contributed by atoms with Crippen LogP contribution in [-0.4, -0.2) is 17.7 Å². The second-order valence-corrected chi connectivity index (χ2v) is 6.96. The molecule has 3 aromatic rings. The number of benzene rings is 3. The minimum Gasteiger partial charge on any atom is -0.457 e. The molecule has 0 saturated carbocycles. The number of ether oxygens (including phenoxy) is 1. The molecule has 0 spiro atoms. The van der Waals surface area contributed by atoms with E-state index in [1.54, 1.807) is 48.5 Å². The molecule has 3 amide bonds. The molecule has 0 aliphatic carbocycles. The van der Waals surface area contributed by atoms with Gasteiger partial charge in [-0.2, -0.15) is 0 Å². The van der Waals surface area contributed by atoms with E-state index in [1.807, 2.05) is 18.2 Å². The molecule has 0 atom stereocenters. The zero-order valence-electron chi connectivity index (χ0n) is 15.3. The van der Waals surface area contributed by atoms with E-state index in [2.05, 4.69) is 5.32 Å². The van der Waals surface area contributed by atoms with Crippen molar-refractivity contribution in [2.45, 2.75) is 12.8 Å². The molecular weight excluding hydrogens is 368 g/mol. The summed E-state index contributed by atoms with van der Waals surface area (Å²) in [5.41, 5.74) is 2.99. The quantitative estimate of drug-likeness (QED) is 0.688. The average molecular weight is 384 g/mol. The summed E-state index contributed by atoms with van der Waals surface area (Å²) in [6.07, 6.45) is 1.18. The third-order valence-corrected chi connectivity index (χ3v) is 5.08. The van der Waals surface area contributed by atoms with Crippen molar-refractivity contribution in [2.75, 3.05) is 10.2 Å². The molecule has 0 radical (unpaired) electrons. The molecule has 6 nitrogen and oxygen atoms in total. The van der Waals surface area contributed by atoms with Gasteiger partial charge in [0.05, 0.1) is 16.8 Å². The first-order chi connectivity index (χ1) is 14.1. The van der Waals surface area contributed by atoms with Crippen LogP contribution in [0.3, 0.4) is 0 Å². The first kappa shape index (κ1) is 17.2. The maximum absolute atomic E-state index is 12.8. The topological polar surface area (TPSA) is 75.7 Å². The highest BCUT2D eigenvalue weighted by Gasteiger charge is 2.36. The number of hydrogen-bond acceptors (Lipinski definition) is 4. The zero-order valence-corrected chi connectivity index (χ0v) is 15.3. The molecule has 2 aliphatic heterocycles. The average Bonchev–Trinajstić information content (AvgIpc) is 2.98. The summed E-state index contributed by atoms with van der Waals surface area (Å²) in [4.78, 5) is 38.3. The minimum atomic E-state index is -0.376. The zero-order chi connectivity index (χ0) is 20.0. The van der Waals surface area contributed by atoms with Gasteiger partial charge >= 0.3 is 0 Å². The van der Waals surface area contributed by atoms with Crippen LogP contribution in [0.25, 0.3) is 0 Å². The van der Waals surface area contributed by atoms with Crippen molar-refractivity contribution >= 4 is 29.1 Å². The van der Waals surface area contributed by atoms with Crippen LogP contribution in [0.15, 0.2) is 66.7 Å². The molecule has 5 rings (SSSR count). The Balaban J connectivity index is 1.44. The van der Waals surface area contributed by atoms with E-state index in [4.69, 9.17) is 4.74 Å². The molecule has 0 fully saturated rings. The summed E-state index contributed by atoms with van der Waals surface area (Å²) in [5.74, 6) is 0.250. The molecule has 0 aromatic heterocycles. The van der Waals surface area contributed by atoms with Gasteiger partial charge in [-0.3, -0.25) is 14.4 Å². The molecule has 142 valence electrons. The van der Waals surface area contributed by atoms with Crippen molar-refractivity contribution in [1.82, 2.24) is 0 Å². The molecule has 0 unspecified atom stereocenters. The normalized spacial score (nSPS) is 15.0. The number of imide groups is 1. The number of aryl methyl sites for hydroxylation is 1. The number of nitrogens with one attached hydrogen (secondary N) is 1. The van der Waals surface area contributed by atoms with Crippen LogP contribution in [-0.2, 0) is 11.2 Å². The Morgan fingerprint density at radius 3 is 2.31 bits per heavy atom. The van der Waals surface area contributed by atoms with Gasteiger partial charge in [0.1, 0.15) is 11.5 Å². The SMILES string of the molecule is O=C1CCc2ccc(Oc3ccc4c(c3)C(=O)N(c3ccccc3)C4=O)cc2N1. The van der Waals surface area contributed by atoms with Crippen molar-refractivity contribution in [2.24, 2.45) is 0 Å². The monoisotopic (exact) mass is 384 g/mol. The summed E-state index contributed by atoms with van der Waals surface area (Å²) >= 11 is 0. The van der Waals surface area contributed by atoms with Gasteiger partial charge in [0.2, 0.25) is 5.91 Å². The summed E-state index contributed by atoms with van der Waals surface area (Å²) in [5, 5.41) is 2.84. The number of carbonyl (C=O) groups is 3. The van der Waals surface area contributed by atoms with E-state index in [0.717, 1.165) is 11.3 Å². The van der Waals surface area contributed by atoms with E-state index >= 15 is 0 Å². The largest absolute Gasteiger partial charge is 0.457 e. The van der Waals surface area contributed by atoms with Crippen molar-refractivity contribution in [1.29, 1.82) is 0 Å². The lowest BCUT2D eigenvalue weighted by atomic mass is 10.0.